The SMILES string of the molecule is CCOc1ccc(CNC(=O)c2c(Cl)c(C(F)(F)F)nn2C)cc1OCC. The first-order chi connectivity index (χ1) is 12.7. The first-order valence-electron chi connectivity index (χ1n) is 8.15. The molecule has 0 radical (unpaired) electrons. The van der Waals surface area contributed by atoms with Gasteiger partial charge in [-0.3, -0.25) is 9.48 Å². The van der Waals surface area contributed by atoms with Crippen molar-refractivity contribution >= 4 is 17.5 Å². The molecule has 0 bridgehead atoms. The molecule has 0 saturated carbocycles. The van der Waals surface area contributed by atoms with E-state index in [1.807, 2.05) is 13.8 Å². The molecule has 0 fully saturated rings. The lowest BCUT2D eigenvalue weighted by Crippen LogP contribution is -2.25. The zero-order chi connectivity index (χ0) is 20.2. The van der Waals surface area contributed by atoms with Crippen molar-refractivity contribution in [1.29, 1.82) is 0 Å². The molecule has 1 aromatic carbocycles. The Balaban J connectivity index is 2.16. The number of hydrogen-bond donors (Lipinski definition) is 1. The van der Waals surface area contributed by atoms with Gasteiger partial charge in [0.2, 0.25) is 0 Å². The summed E-state index contributed by atoms with van der Waals surface area (Å²) >= 11 is 5.71. The molecule has 2 aromatic rings. The molecule has 0 spiro atoms. The Morgan fingerprint density at radius 1 is 1.22 bits per heavy atom. The maximum Gasteiger partial charge on any atom is 0.436 e. The Morgan fingerprint density at radius 3 is 2.41 bits per heavy atom. The van der Waals surface area contributed by atoms with Gasteiger partial charge in [0, 0.05) is 13.6 Å². The van der Waals surface area contributed by atoms with E-state index < -0.39 is 22.8 Å². The number of halogens is 4. The molecule has 0 aliphatic heterocycles. The highest BCUT2D eigenvalue weighted by Crippen LogP contribution is 2.35. The lowest BCUT2D eigenvalue weighted by Gasteiger charge is -2.13. The van der Waals surface area contributed by atoms with Crippen molar-refractivity contribution in [2.45, 2.75) is 26.6 Å². The number of aryl methyl sites for hydroxylation is 1. The smallest absolute Gasteiger partial charge is 0.436 e. The van der Waals surface area contributed by atoms with Gasteiger partial charge in [-0.15, -0.1) is 0 Å². The molecule has 0 aliphatic carbocycles. The molecule has 0 unspecified atom stereocenters. The van der Waals surface area contributed by atoms with Crippen molar-refractivity contribution < 1.29 is 27.4 Å². The Kier molecular flexibility index (Phi) is 6.59. The van der Waals surface area contributed by atoms with E-state index in [2.05, 4.69) is 10.4 Å². The van der Waals surface area contributed by atoms with E-state index in [4.69, 9.17) is 21.1 Å². The molecule has 0 atom stereocenters. The van der Waals surface area contributed by atoms with E-state index in [-0.39, 0.29) is 12.2 Å². The number of rotatable bonds is 7. The van der Waals surface area contributed by atoms with E-state index in [9.17, 15) is 18.0 Å². The molecule has 1 heterocycles. The van der Waals surface area contributed by atoms with Gasteiger partial charge in [0.15, 0.2) is 17.2 Å². The largest absolute Gasteiger partial charge is 0.490 e. The van der Waals surface area contributed by atoms with Crippen molar-refractivity contribution in [3.05, 3.63) is 40.2 Å². The van der Waals surface area contributed by atoms with Crippen LogP contribution >= 0.6 is 11.6 Å². The highest BCUT2D eigenvalue weighted by Gasteiger charge is 2.39. The summed E-state index contributed by atoms with van der Waals surface area (Å²) in [6.45, 7) is 4.63. The minimum Gasteiger partial charge on any atom is -0.490 e. The topological polar surface area (TPSA) is 65.4 Å². The van der Waals surface area contributed by atoms with Crippen molar-refractivity contribution in [3.63, 3.8) is 0 Å². The van der Waals surface area contributed by atoms with Crippen molar-refractivity contribution in [2.75, 3.05) is 13.2 Å². The standard InChI is InChI=1S/C17H19ClF3N3O3/c1-4-26-11-7-6-10(8-12(11)27-5-2)9-22-16(25)14-13(18)15(17(19,20)21)23-24(14)3/h6-8H,4-5,9H2,1-3H3,(H,22,25). The maximum atomic E-state index is 12.9. The fourth-order valence-corrected chi connectivity index (χ4v) is 2.75. The molecule has 1 N–H and O–H groups in total. The number of nitrogens with zero attached hydrogens (tertiary/aromatic N) is 2. The zero-order valence-corrected chi connectivity index (χ0v) is 15.7. The Bertz CT molecular complexity index is 822. The van der Waals surface area contributed by atoms with Crippen LogP contribution < -0.4 is 14.8 Å². The van der Waals surface area contributed by atoms with E-state index >= 15 is 0 Å². The van der Waals surface area contributed by atoms with Gasteiger partial charge < -0.3 is 14.8 Å². The summed E-state index contributed by atoms with van der Waals surface area (Å²) in [5, 5.41) is 5.09. The lowest BCUT2D eigenvalue weighted by atomic mass is 10.2. The summed E-state index contributed by atoms with van der Waals surface area (Å²) < 4.78 is 50.3. The number of carbonyl (C=O) groups is 1. The van der Waals surface area contributed by atoms with Crippen LogP contribution in [0.15, 0.2) is 18.2 Å². The summed E-state index contributed by atoms with van der Waals surface area (Å²) in [4.78, 5) is 12.3. The highest BCUT2D eigenvalue weighted by molar-refractivity contribution is 6.34. The molecule has 10 heteroatoms. The van der Waals surface area contributed by atoms with Crippen LogP contribution in [-0.4, -0.2) is 28.9 Å². The minimum absolute atomic E-state index is 0.0637. The first-order valence-corrected chi connectivity index (χ1v) is 8.53. The summed E-state index contributed by atoms with van der Waals surface area (Å²) in [6.07, 6.45) is -4.74. The van der Waals surface area contributed by atoms with Crippen LogP contribution in [0.1, 0.15) is 35.6 Å². The second kappa shape index (κ2) is 8.51. The summed E-state index contributed by atoms with van der Waals surface area (Å²) in [6, 6.07) is 5.12. The second-order valence-corrected chi connectivity index (χ2v) is 5.84. The van der Waals surface area contributed by atoms with Crippen molar-refractivity contribution in [2.24, 2.45) is 7.05 Å². The zero-order valence-electron chi connectivity index (χ0n) is 15.0. The molecule has 148 valence electrons. The van der Waals surface area contributed by atoms with Gasteiger partial charge in [0.25, 0.3) is 5.91 Å². The molecule has 1 aromatic heterocycles. The van der Waals surface area contributed by atoms with Crippen LogP contribution in [-0.2, 0) is 19.8 Å². The fraction of sp³-hybridized carbons (Fsp3) is 0.412. The van der Waals surface area contributed by atoms with Crippen LogP contribution in [0.5, 0.6) is 11.5 Å². The number of aromatic nitrogens is 2. The Labute approximate surface area is 159 Å². The number of carbonyl (C=O) groups excluding carboxylic acids is 1. The predicted octanol–water partition coefficient (Wildman–Crippen LogP) is 3.82. The Morgan fingerprint density at radius 2 is 1.85 bits per heavy atom. The fourth-order valence-electron chi connectivity index (χ4n) is 2.40. The summed E-state index contributed by atoms with van der Waals surface area (Å²) in [5.41, 5.74) is -0.971. The van der Waals surface area contributed by atoms with Crippen molar-refractivity contribution in [3.8, 4) is 11.5 Å². The molecule has 6 nitrogen and oxygen atoms in total. The highest BCUT2D eigenvalue weighted by atomic mass is 35.5. The third kappa shape index (κ3) is 4.85. The van der Waals surface area contributed by atoms with Crippen LogP contribution in [0.4, 0.5) is 13.2 Å². The number of nitrogens with one attached hydrogen (secondary N) is 1. The van der Waals surface area contributed by atoms with Crippen LogP contribution in [0.25, 0.3) is 0 Å². The van der Waals surface area contributed by atoms with Gasteiger partial charge in [-0.25, -0.2) is 0 Å². The van der Waals surface area contributed by atoms with E-state index in [0.29, 0.717) is 30.3 Å². The first kappa shape index (κ1) is 20.9. The summed E-state index contributed by atoms with van der Waals surface area (Å²) in [5.74, 6) is 0.320. The molecular formula is C17H19ClF3N3O3. The number of amides is 1. The minimum atomic E-state index is -4.74. The maximum absolute atomic E-state index is 12.9. The molecule has 0 saturated heterocycles. The van der Waals surface area contributed by atoms with Crippen LogP contribution in [0.3, 0.4) is 0 Å². The summed E-state index contributed by atoms with van der Waals surface area (Å²) in [7, 11) is 1.22. The third-order valence-corrected chi connectivity index (χ3v) is 3.89. The van der Waals surface area contributed by atoms with Crippen LogP contribution in [0.2, 0.25) is 5.02 Å². The monoisotopic (exact) mass is 405 g/mol. The normalized spacial score (nSPS) is 11.4. The van der Waals surface area contributed by atoms with E-state index in [1.54, 1.807) is 18.2 Å². The van der Waals surface area contributed by atoms with Gasteiger partial charge in [-0.2, -0.15) is 18.3 Å². The van der Waals surface area contributed by atoms with Gasteiger partial charge in [0.05, 0.1) is 13.2 Å². The average Bonchev–Trinajstić information content (AvgIpc) is 2.90. The van der Waals surface area contributed by atoms with Gasteiger partial charge in [-0.1, -0.05) is 17.7 Å². The van der Waals surface area contributed by atoms with Crippen LogP contribution in [0, 0.1) is 0 Å². The predicted molar refractivity (Wildman–Crippen MR) is 93.2 cm³/mol. The molecular weight excluding hydrogens is 387 g/mol. The second-order valence-electron chi connectivity index (χ2n) is 5.46. The molecule has 1 amide bonds. The number of benzene rings is 1. The van der Waals surface area contributed by atoms with Gasteiger partial charge >= 0.3 is 6.18 Å². The van der Waals surface area contributed by atoms with E-state index in [0.717, 1.165) is 4.68 Å². The average molecular weight is 406 g/mol. The third-order valence-electron chi connectivity index (χ3n) is 3.53. The number of ether oxygens (including phenoxy) is 2. The van der Waals surface area contributed by atoms with Gasteiger partial charge in [0.1, 0.15) is 10.7 Å². The lowest BCUT2D eigenvalue weighted by molar-refractivity contribution is -0.141. The molecule has 2 rings (SSSR count). The van der Waals surface area contributed by atoms with Crippen molar-refractivity contribution in [1.82, 2.24) is 15.1 Å². The molecule has 27 heavy (non-hydrogen) atoms. The number of hydrogen-bond acceptors (Lipinski definition) is 4. The quantitative estimate of drug-likeness (QED) is 0.760. The van der Waals surface area contributed by atoms with E-state index in [1.165, 1.54) is 7.05 Å². The Hall–Kier alpha value is -2.42. The molecule has 0 aliphatic rings. The number of alkyl halides is 3. The van der Waals surface area contributed by atoms with Gasteiger partial charge in [-0.05, 0) is 31.5 Å².